The van der Waals surface area contributed by atoms with E-state index in [4.69, 9.17) is 10.8 Å². The molecule has 0 spiro atoms. The summed E-state index contributed by atoms with van der Waals surface area (Å²) in [6.45, 7) is 1.83. The molecule has 7 nitrogen and oxygen atoms in total. The first-order valence-corrected chi connectivity index (χ1v) is 4.75. The summed E-state index contributed by atoms with van der Waals surface area (Å²) in [5.41, 5.74) is 5.10. The molecular weight excluding hydrogens is 222 g/mol. The summed E-state index contributed by atoms with van der Waals surface area (Å²) in [6.07, 6.45) is -0.733. The fourth-order valence-electron chi connectivity index (χ4n) is 0.854. The van der Waals surface area contributed by atoms with Crippen LogP contribution < -0.4 is 11.1 Å². The van der Waals surface area contributed by atoms with E-state index in [0.717, 1.165) is 11.5 Å². The zero-order valence-corrected chi connectivity index (χ0v) is 8.63. The van der Waals surface area contributed by atoms with Crippen molar-refractivity contribution in [1.82, 2.24) is 4.37 Å². The lowest BCUT2D eigenvalue weighted by molar-refractivity contribution is 0.0699. The SMILES string of the molecule is CCOC(=O)Nc1snc(N)c1C(=O)O. The molecule has 0 fully saturated rings. The van der Waals surface area contributed by atoms with Crippen LogP contribution in [0.2, 0.25) is 0 Å². The molecule has 0 aliphatic heterocycles. The summed E-state index contributed by atoms with van der Waals surface area (Å²) >= 11 is 0.791. The molecule has 82 valence electrons. The van der Waals surface area contributed by atoms with Crippen LogP contribution in [0.4, 0.5) is 15.6 Å². The van der Waals surface area contributed by atoms with Gasteiger partial charge in [-0.1, -0.05) is 0 Å². The highest BCUT2D eigenvalue weighted by atomic mass is 32.1. The number of ether oxygens (including phenoxy) is 1. The number of anilines is 2. The van der Waals surface area contributed by atoms with Gasteiger partial charge in [0.25, 0.3) is 0 Å². The molecule has 1 rings (SSSR count). The average molecular weight is 231 g/mol. The Kier molecular flexibility index (Phi) is 3.45. The largest absolute Gasteiger partial charge is 0.477 e. The number of hydrogen-bond donors (Lipinski definition) is 3. The van der Waals surface area contributed by atoms with Crippen molar-refractivity contribution in [1.29, 1.82) is 0 Å². The predicted molar refractivity (Wildman–Crippen MR) is 54.1 cm³/mol. The summed E-state index contributed by atoms with van der Waals surface area (Å²) in [5, 5.41) is 11.1. The fraction of sp³-hybridized carbons (Fsp3) is 0.286. The lowest BCUT2D eigenvalue weighted by Crippen LogP contribution is -2.14. The molecule has 0 aliphatic rings. The van der Waals surface area contributed by atoms with Gasteiger partial charge >= 0.3 is 12.1 Å². The van der Waals surface area contributed by atoms with E-state index in [1.54, 1.807) is 6.92 Å². The highest BCUT2D eigenvalue weighted by Crippen LogP contribution is 2.26. The molecule has 0 saturated carbocycles. The van der Waals surface area contributed by atoms with Crippen LogP contribution in [0, 0.1) is 0 Å². The second kappa shape index (κ2) is 4.60. The van der Waals surface area contributed by atoms with E-state index in [1.165, 1.54) is 0 Å². The van der Waals surface area contributed by atoms with Crippen LogP contribution in [0.3, 0.4) is 0 Å². The molecular formula is C7H9N3O4S. The number of carboxylic acid groups (broad SMARTS) is 1. The first-order valence-electron chi connectivity index (χ1n) is 3.98. The minimum absolute atomic E-state index is 0.0680. The zero-order chi connectivity index (χ0) is 11.4. The number of hydrogen-bond acceptors (Lipinski definition) is 6. The zero-order valence-electron chi connectivity index (χ0n) is 7.81. The number of aromatic carboxylic acids is 1. The van der Waals surface area contributed by atoms with Gasteiger partial charge in [-0.25, -0.2) is 9.59 Å². The van der Waals surface area contributed by atoms with Gasteiger partial charge in [0, 0.05) is 0 Å². The molecule has 0 unspecified atom stereocenters. The number of nitrogen functional groups attached to an aromatic ring is 1. The molecule has 4 N–H and O–H groups in total. The molecule has 0 aromatic carbocycles. The Morgan fingerprint density at radius 3 is 2.87 bits per heavy atom. The Morgan fingerprint density at radius 2 is 2.33 bits per heavy atom. The Balaban J connectivity index is 2.86. The van der Waals surface area contributed by atoms with Gasteiger partial charge < -0.3 is 15.6 Å². The van der Waals surface area contributed by atoms with Crippen LogP contribution in [0.25, 0.3) is 0 Å². The minimum atomic E-state index is -1.24. The van der Waals surface area contributed by atoms with Crippen LogP contribution in [0.1, 0.15) is 17.3 Å². The number of rotatable bonds is 3. The third kappa shape index (κ3) is 2.56. The van der Waals surface area contributed by atoms with Crippen molar-refractivity contribution < 1.29 is 19.4 Å². The number of nitrogens with two attached hydrogens (primary N) is 1. The van der Waals surface area contributed by atoms with E-state index in [2.05, 4.69) is 14.4 Å². The van der Waals surface area contributed by atoms with E-state index in [0.29, 0.717) is 0 Å². The highest BCUT2D eigenvalue weighted by molar-refractivity contribution is 7.11. The molecule has 1 aromatic heterocycles. The van der Waals surface area contributed by atoms with E-state index in [1.807, 2.05) is 0 Å². The second-order valence-electron chi connectivity index (χ2n) is 2.42. The Labute approximate surface area is 89.0 Å². The van der Waals surface area contributed by atoms with Gasteiger partial charge in [-0.2, -0.15) is 4.37 Å². The van der Waals surface area contributed by atoms with Gasteiger partial charge in [0.05, 0.1) is 6.61 Å². The first kappa shape index (κ1) is 11.2. The smallest absolute Gasteiger partial charge is 0.412 e. The van der Waals surface area contributed by atoms with Crippen LogP contribution in [-0.2, 0) is 4.74 Å². The molecule has 0 aliphatic carbocycles. The summed E-state index contributed by atoms with van der Waals surface area (Å²) in [5.74, 6) is -1.37. The summed E-state index contributed by atoms with van der Waals surface area (Å²) < 4.78 is 8.20. The predicted octanol–water partition coefficient (Wildman–Crippen LogP) is 0.992. The van der Waals surface area contributed by atoms with Crippen molar-refractivity contribution in [2.75, 3.05) is 17.7 Å². The van der Waals surface area contributed by atoms with Crippen molar-refractivity contribution in [2.45, 2.75) is 6.92 Å². The van der Waals surface area contributed by atoms with Gasteiger partial charge in [-0.05, 0) is 18.5 Å². The Hall–Kier alpha value is -1.83. The molecule has 1 aromatic rings. The lowest BCUT2D eigenvalue weighted by Gasteiger charge is -2.02. The minimum Gasteiger partial charge on any atom is -0.477 e. The molecule has 8 heteroatoms. The van der Waals surface area contributed by atoms with Gasteiger partial charge in [-0.15, -0.1) is 0 Å². The number of nitrogens with one attached hydrogen (secondary N) is 1. The fourth-order valence-corrected chi connectivity index (χ4v) is 1.55. The first-order chi connectivity index (χ1) is 7.06. The normalized spacial score (nSPS) is 9.67. The molecule has 15 heavy (non-hydrogen) atoms. The van der Waals surface area contributed by atoms with Gasteiger partial charge in [0.1, 0.15) is 10.6 Å². The highest BCUT2D eigenvalue weighted by Gasteiger charge is 2.20. The van der Waals surface area contributed by atoms with Crippen LogP contribution >= 0.6 is 11.5 Å². The molecule has 0 radical (unpaired) electrons. The number of carbonyl (C=O) groups excluding carboxylic acids is 1. The topological polar surface area (TPSA) is 115 Å². The van der Waals surface area contributed by atoms with E-state index < -0.39 is 12.1 Å². The summed E-state index contributed by atoms with van der Waals surface area (Å²) in [6, 6.07) is 0. The maximum absolute atomic E-state index is 11.0. The molecule has 0 atom stereocenters. The molecule has 0 bridgehead atoms. The second-order valence-corrected chi connectivity index (χ2v) is 3.20. The number of nitrogens with zero attached hydrogens (tertiary/aromatic N) is 1. The van der Waals surface area contributed by atoms with E-state index in [-0.39, 0.29) is 23.0 Å². The molecule has 0 saturated heterocycles. The van der Waals surface area contributed by atoms with E-state index >= 15 is 0 Å². The van der Waals surface area contributed by atoms with Crippen molar-refractivity contribution in [2.24, 2.45) is 0 Å². The number of carbonyl (C=O) groups is 2. The van der Waals surface area contributed by atoms with Crippen LogP contribution in [0.5, 0.6) is 0 Å². The summed E-state index contributed by atoms with van der Waals surface area (Å²) in [7, 11) is 0. The molecule has 1 amide bonds. The third-order valence-electron chi connectivity index (χ3n) is 1.42. The number of aromatic nitrogens is 1. The van der Waals surface area contributed by atoms with Gasteiger partial charge in [-0.3, -0.25) is 5.32 Å². The standard InChI is InChI=1S/C7H9N3O4S/c1-2-14-7(13)9-5-3(6(11)12)4(8)10-15-5/h2H2,1H3,(H2,8,10)(H,9,13)(H,11,12). The Bertz CT molecular complexity index is 390. The van der Waals surface area contributed by atoms with Crippen molar-refractivity contribution in [3.05, 3.63) is 5.56 Å². The van der Waals surface area contributed by atoms with Crippen molar-refractivity contribution >= 4 is 34.4 Å². The monoisotopic (exact) mass is 231 g/mol. The average Bonchev–Trinajstić information content (AvgIpc) is 2.47. The summed E-state index contributed by atoms with van der Waals surface area (Å²) in [4.78, 5) is 21.7. The van der Waals surface area contributed by atoms with Crippen molar-refractivity contribution in [3.8, 4) is 0 Å². The molecule has 1 heterocycles. The number of carboxylic acids is 1. The van der Waals surface area contributed by atoms with Gasteiger partial charge in [0.15, 0.2) is 5.82 Å². The van der Waals surface area contributed by atoms with Crippen molar-refractivity contribution in [3.63, 3.8) is 0 Å². The quantitative estimate of drug-likeness (QED) is 0.714. The van der Waals surface area contributed by atoms with Crippen LogP contribution in [0.15, 0.2) is 0 Å². The lowest BCUT2D eigenvalue weighted by atomic mass is 10.3. The van der Waals surface area contributed by atoms with Gasteiger partial charge in [0.2, 0.25) is 0 Å². The number of amides is 1. The maximum atomic E-state index is 11.0. The Morgan fingerprint density at radius 1 is 1.67 bits per heavy atom. The van der Waals surface area contributed by atoms with Crippen LogP contribution in [-0.4, -0.2) is 28.1 Å². The maximum Gasteiger partial charge on any atom is 0.412 e. The van der Waals surface area contributed by atoms with E-state index in [9.17, 15) is 9.59 Å². The third-order valence-corrected chi connectivity index (χ3v) is 2.20.